The molecule has 0 aliphatic rings. The number of pyridine rings is 1. The molecule has 0 amide bonds. The summed E-state index contributed by atoms with van der Waals surface area (Å²) in [6.07, 6.45) is 0. The fraction of sp³-hybridized carbons (Fsp3) is 0.128. The molecule has 0 unspecified atom stereocenters. The van der Waals surface area contributed by atoms with Gasteiger partial charge in [0, 0.05) is 26.9 Å². The maximum atomic E-state index is 9.47. The zero-order chi connectivity index (χ0) is 36.0. The van der Waals surface area contributed by atoms with Crippen molar-refractivity contribution < 1.29 is 8.83 Å². The highest BCUT2D eigenvalue weighted by molar-refractivity contribution is 6.20. The Balaban J connectivity index is 1.33. The molecule has 254 valence electrons. The van der Waals surface area contributed by atoms with Crippen LogP contribution in [-0.2, 0) is 0 Å². The molecule has 0 saturated carbocycles. The van der Waals surface area contributed by atoms with Gasteiger partial charge in [-0.3, -0.25) is 4.57 Å². The van der Waals surface area contributed by atoms with E-state index < -0.39 is 0 Å². The number of nitrogens with zero attached hydrogens (tertiary/aromatic N) is 4. The smallest absolute Gasteiger partial charge is 0.228 e. The molecule has 6 nitrogen and oxygen atoms in total. The highest BCUT2D eigenvalue weighted by Gasteiger charge is 2.27. The monoisotopic (exact) mass is 686 g/mol. The number of aromatic nitrogens is 3. The SMILES string of the molecule is CC(C)c1cc(-c2ccccc2)cc(C(C)C)c1-n1c(-c2cccc3c2oc2c3ccc3c4ccc(C#N)nc4oc32)nc2ccc3ccccc3c21. The van der Waals surface area contributed by atoms with Gasteiger partial charge in [-0.2, -0.15) is 5.26 Å². The standard InChI is InChI=1S/C47H34N4O2/c1-26(2)38-23-30(28-11-6-5-7-12-28)24-39(27(3)4)41(38)51-42-32-14-9-8-13-29(32)17-22-40(42)50-46(51)37-16-10-15-33-34-20-21-35-36-19-18-31(25-48)49-47(36)53-45(35)44(34)52-43(33)37/h5-24,26-27H,1-4H3. The van der Waals surface area contributed by atoms with Crippen molar-refractivity contribution in [2.24, 2.45) is 0 Å². The summed E-state index contributed by atoms with van der Waals surface area (Å²) in [7, 11) is 0. The van der Waals surface area contributed by atoms with Gasteiger partial charge in [0.25, 0.3) is 0 Å². The molecule has 0 N–H and O–H groups in total. The number of fused-ring (bicyclic) bond motifs is 10. The molecule has 0 bridgehead atoms. The van der Waals surface area contributed by atoms with Crippen molar-refractivity contribution in [1.29, 1.82) is 5.26 Å². The van der Waals surface area contributed by atoms with Crippen molar-refractivity contribution in [3.05, 3.63) is 138 Å². The zero-order valence-corrected chi connectivity index (χ0v) is 29.8. The van der Waals surface area contributed by atoms with Crippen LogP contribution < -0.4 is 0 Å². The summed E-state index contributed by atoms with van der Waals surface area (Å²) in [5.74, 6) is 1.27. The van der Waals surface area contributed by atoms with Crippen molar-refractivity contribution in [1.82, 2.24) is 14.5 Å². The molecule has 0 aliphatic heterocycles. The zero-order valence-electron chi connectivity index (χ0n) is 29.8. The van der Waals surface area contributed by atoms with Gasteiger partial charge >= 0.3 is 0 Å². The normalized spacial score (nSPS) is 12.1. The van der Waals surface area contributed by atoms with Crippen LogP contribution in [0.2, 0.25) is 0 Å². The van der Waals surface area contributed by atoms with E-state index in [1.807, 2.05) is 6.07 Å². The average Bonchev–Trinajstić information content (AvgIpc) is 3.89. The number of hydrogen-bond acceptors (Lipinski definition) is 5. The molecule has 6 aromatic carbocycles. The summed E-state index contributed by atoms with van der Waals surface area (Å²) in [4.78, 5) is 9.90. The van der Waals surface area contributed by atoms with E-state index in [-0.39, 0.29) is 11.8 Å². The third-order valence-corrected chi connectivity index (χ3v) is 10.6. The van der Waals surface area contributed by atoms with E-state index >= 15 is 0 Å². The molecule has 0 saturated heterocycles. The van der Waals surface area contributed by atoms with Crippen molar-refractivity contribution >= 4 is 65.8 Å². The average molecular weight is 687 g/mol. The van der Waals surface area contributed by atoms with Gasteiger partial charge in [-0.15, -0.1) is 0 Å². The maximum absolute atomic E-state index is 9.47. The van der Waals surface area contributed by atoms with Gasteiger partial charge in [0.2, 0.25) is 5.71 Å². The largest absolute Gasteiger partial charge is 0.451 e. The van der Waals surface area contributed by atoms with Crippen LogP contribution in [0.5, 0.6) is 0 Å². The molecule has 10 aromatic rings. The molecule has 0 radical (unpaired) electrons. The Morgan fingerprint density at radius 3 is 2.00 bits per heavy atom. The molecule has 0 aliphatic carbocycles. The van der Waals surface area contributed by atoms with E-state index in [4.69, 9.17) is 13.8 Å². The van der Waals surface area contributed by atoms with Gasteiger partial charge in [0.15, 0.2) is 11.2 Å². The number of nitriles is 1. The third-order valence-electron chi connectivity index (χ3n) is 10.6. The Bertz CT molecular complexity index is 3110. The minimum atomic E-state index is 0.227. The van der Waals surface area contributed by atoms with Gasteiger partial charge in [-0.1, -0.05) is 100 Å². The molecule has 10 rings (SSSR count). The second-order valence-electron chi connectivity index (χ2n) is 14.5. The van der Waals surface area contributed by atoms with E-state index in [0.29, 0.717) is 22.6 Å². The van der Waals surface area contributed by atoms with Crippen molar-refractivity contribution in [3.8, 4) is 34.3 Å². The number of imidazole rings is 1. The summed E-state index contributed by atoms with van der Waals surface area (Å²) in [5, 5.41) is 15.4. The molecule has 6 heteroatoms. The van der Waals surface area contributed by atoms with Gasteiger partial charge in [-0.05, 0) is 88.0 Å². The molecule has 0 fully saturated rings. The van der Waals surface area contributed by atoms with Gasteiger partial charge in [-0.25, -0.2) is 9.97 Å². The van der Waals surface area contributed by atoms with Crippen molar-refractivity contribution in [2.75, 3.05) is 0 Å². The third kappa shape index (κ3) is 4.64. The minimum absolute atomic E-state index is 0.227. The van der Waals surface area contributed by atoms with Crippen LogP contribution in [0.25, 0.3) is 94.0 Å². The van der Waals surface area contributed by atoms with E-state index in [9.17, 15) is 5.26 Å². The van der Waals surface area contributed by atoms with Crippen molar-refractivity contribution in [2.45, 2.75) is 39.5 Å². The van der Waals surface area contributed by atoms with Crippen molar-refractivity contribution in [3.63, 3.8) is 0 Å². The first-order valence-corrected chi connectivity index (χ1v) is 18.1. The van der Waals surface area contributed by atoms with Gasteiger partial charge in [0.1, 0.15) is 23.2 Å². The molecule has 0 atom stereocenters. The highest BCUT2D eigenvalue weighted by atomic mass is 16.4. The predicted molar refractivity (Wildman–Crippen MR) is 215 cm³/mol. The highest BCUT2D eigenvalue weighted by Crippen LogP contribution is 2.45. The number of hydrogen-bond donors (Lipinski definition) is 0. The van der Waals surface area contributed by atoms with Crippen LogP contribution in [0.1, 0.15) is 56.4 Å². The van der Waals surface area contributed by atoms with E-state index in [1.54, 1.807) is 6.07 Å². The Labute approximate surface area is 305 Å². The van der Waals surface area contributed by atoms with Crippen LogP contribution in [0.3, 0.4) is 0 Å². The van der Waals surface area contributed by atoms with Gasteiger partial charge < -0.3 is 8.83 Å². The first-order chi connectivity index (χ1) is 25.9. The van der Waals surface area contributed by atoms with Crippen LogP contribution >= 0.6 is 0 Å². The summed E-state index contributed by atoms with van der Waals surface area (Å²) in [5.41, 5.74) is 11.7. The van der Waals surface area contributed by atoms with E-state index in [0.717, 1.165) is 66.0 Å². The summed E-state index contributed by atoms with van der Waals surface area (Å²) in [6, 6.07) is 44.4. The van der Waals surface area contributed by atoms with Crippen LogP contribution in [0.15, 0.2) is 130 Å². The molecule has 53 heavy (non-hydrogen) atoms. The molecular formula is C47H34N4O2. The Hall–Kier alpha value is -6.71. The Morgan fingerprint density at radius 1 is 0.585 bits per heavy atom. The lowest BCUT2D eigenvalue weighted by Gasteiger charge is -2.24. The second-order valence-corrected chi connectivity index (χ2v) is 14.5. The topological polar surface area (TPSA) is 80.8 Å². The fourth-order valence-electron chi connectivity index (χ4n) is 8.06. The summed E-state index contributed by atoms with van der Waals surface area (Å²) in [6.45, 7) is 9.12. The number of rotatable bonds is 5. The quantitative estimate of drug-likeness (QED) is 0.180. The van der Waals surface area contributed by atoms with E-state index in [1.165, 1.54) is 22.3 Å². The van der Waals surface area contributed by atoms with Gasteiger partial charge in [0.05, 0.1) is 22.3 Å². The molecule has 4 heterocycles. The summed E-state index contributed by atoms with van der Waals surface area (Å²) >= 11 is 0. The number of benzene rings is 6. The van der Waals surface area contributed by atoms with Crippen LogP contribution in [-0.4, -0.2) is 14.5 Å². The summed E-state index contributed by atoms with van der Waals surface area (Å²) < 4.78 is 15.6. The molecule has 4 aromatic heterocycles. The minimum Gasteiger partial charge on any atom is -0.451 e. The maximum Gasteiger partial charge on any atom is 0.228 e. The molecule has 0 spiro atoms. The first-order valence-electron chi connectivity index (χ1n) is 18.1. The predicted octanol–water partition coefficient (Wildman–Crippen LogP) is 12.8. The molecular weight excluding hydrogens is 653 g/mol. The van der Waals surface area contributed by atoms with E-state index in [2.05, 4.69) is 153 Å². The number of furan rings is 2. The Kier molecular flexibility index (Phi) is 6.83. The lowest BCUT2D eigenvalue weighted by Crippen LogP contribution is -2.09. The second kappa shape index (κ2) is 11.7. The first kappa shape index (κ1) is 31.1. The van der Waals surface area contributed by atoms with Crippen LogP contribution in [0.4, 0.5) is 0 Å². The lowest BCUT2D eigenvalue weighted by atomic mass is 9.88. The fourth-order valence-corrected chi connectivity index (χ4v) is 8.06. The lowest BCUT2D eigenvalue weighted by molar-refractivity contribution is 0.626. The number of para-hydroxylation sites is 1. The Morgan fingerprint density at radius 2 is 1.25 bits per heavy atom. The van der Waals surface area contributed by atoms with Crippen LogP contribution in [0, 0.1) is 11.3 Å².